The van der Waals surface area contributed by atoms with Gasteiger partial charge in [-0.2, -0.15) is 5.10 Å². The van der Waals surface area contributed by atoms with Crippen LogP contribution in [0.1, 0.15) is 23.8 Å². The van der Waals surface area contributed by atoms with Crippen molar-refractivity contribution in [2.75, 3.05) is 19.8 Å². The van der Waals surface area contributed by atoms with Gasteiger partial charge in [-0.15, -0.1) is 0 Å². The van der Waals surface area contributed by atoms with Crippen molar-refractivity contribution in [3.05, 3.63) is 16.9 Å². The van der Waals surface area contributed by atoms with Gasteiger partial charge in [0.05, 0.1) is 5.02 Å². The summed E-state index contributed by atoms with van der Waals surface area (Å²) in [5.74, 6) is -0.248. The summed E-state index contributed by atoms with van der Waals surface area (Å²) in [4.78, 5) is 11.6. The maximum absolute atomic E-state index is 11.6. The minimum absolute atomic E-state index is 0.248. The highest BCUT2D eigenvalue weighted by atomic mass is 35.5. The molecular formula is C10H16ClN3O2. The van der Waals surface area contributed by atoms with Gasteiger partial charge in [0.2, 0.25) is 0 Å². The average Bonchev–Trinajstić information content (AvgIpc) is 2.57. The maximum Gasteiger partial charge on any atom is 0.273 e. The molecule has 0 bridgehead atoms. The molecule has 0 aromatic carbocycles. The van der Waals surface area contributed by atoms with E-state index in [-0.39, 0.29) is 11.6 Å². The molecule has 0 atom stereocenters. The van der Waals surface area contributed by atoms with Crippen LogP contribution in [0.3, 0.4) is 0 Å². The molecule has 0 spiro atoms. The van der Waals surface area contributed by atoms with Crippen LogP contribution in [0.5, 0.6) is 0 Å². The minimum atomic E-state index is -0.248. The van der Waals surface area contributed by atoms with Crippen LogP contribution in [-0.4, -0.2) is 35.4 Å². The summed E-state index contributed by atoms with van der Waals surface area (Å²) in [6.45, 7) is 3.84. The normalized spacial score (nSPS) is 10.4. The lowest BCUT2D eigenvalue weighted by atomic mass is 10.4. The summed E-state index contributed by atoms with van der Waals surface area (Å²) in [6.07, 6.45) is 2.38. The minimum Gasteiger partial charge on any atom is -0.382 e. The molecule has 1 aromatic heterocycles. The number of aryl methyl sites for hydroxylation is 1. The summed E-state index contributed by atoms with van der Waals surface area (Å²) in [6, 6.07) is 0. The Labute approximate surface area is 99.7 Å². The third-order valence-corrected chi connectivity index (χ3v) is 2.23. The molecule has 0 unspecified atom stereocenters. The molecule has 16 heavy (non-hydrogen) atoms. The largest absolute Gasteiger partial charge is 0.382 e. The second kappa shape index (κ2) is 6.50. The SMILES string of the molecule is CCOCCCNC(=O)c1nn(C)cc1Cl. The number of amides is 1. The van der Waals surface area contributed by atoms with Gasteiger partial charge in [0.15, 0.2) is 5.69 Å². The highest BCUT2D eigenvalue weighted by molar-refractivity contribution is 6.33. The zero-order valence-corrected chi connectivity index (χ0v) is 10.3. The standard InChI is InChI=1S/C10H16ClN3O2/c1-3-16-6-4-5-12-10(15)9-8(11)7-14(2)13-9/h7H,3-6H2,1-2H3,(H,12,15). The Morgan fingerprint density at radius 1 is 1.69 bits per heavy atom. The number of carbonyl (C=O) groups excluding carboxylic acids is 1. The molecule has 1 amide bonds. The van der Waals surface area contributed by atoms with Gasteiger partial charge in [-0.25, -0.2) is 0 Å². The van der Waals surface area contributed by atoms with E-state index in [9.17, 15) is 4.79 Å². The Balaban J connectivity index is 2.33. The molecule has 6 heteroatoms. The number of aromatic nitrogens is 2. The fourth-order valence-corrected chi connectivity index (χ4v) is 1.48. The van der Waals surface area contributed by atoms with E-state index in [1.54, 1.807) is 13.2 Å². The molecule has 0 saturated carbocycles. The number of hydrogen-bond donors (Lipinski definition) is 1. The molecule has 1 heterocycles. The van der Waals surface area contributed by atoms with Crippen LogP contribution in [-0.2, 0) is 11.8 Å². The Hall–Kier alpha value is -1.07. The lowest BCUT2D eigenvalue weighted by molar-refractivity contribution is 0.0939. The lowest BCUT2D eigenvalue weighted by Crippen LogP contribution is -2.26. The molecule has 1 aromatic rings. The summed E-state index contributed by atoms with van der Waals surface area (Å²) < 4.78 is 6.66. The number of hydrogen-bond acceptors (Lipinski definition) is 3. The molecule has 1 N–H and O–H groups in total. The van der Waals surface area contributed by atoms with E-state index < -0.39 is 0 Å². The number of ether oxygens (including phenoxy) is 1. The third kappa shape index (κ3) is 3.83. The monoisotopic (exact) mass is 245 g/mol. The lowest BCUT2D eigenvalue weighted by Gasteiger charge is -2.03. The van der Waals surface area contributed by atoms with Gasteiger partial charge in [0.1, 0.15) is 0 Å². The summed E-state index contributed by atoms with van der Waals surface area (Å²) in [5.41, 5.74) is 0.264. The molecule has 0 aliphatic carbocycles. The Morgan fingerprint density at radius 3 is 3.00 bits per heavy atom. The van der Waals surface area contributed by atoms with E-state index in [1.807, 2.05) is 6.92 Å². The third-order valence-electron chi connectivity index (χ3n) is 1.95. The summed E-state index contributed by atoms with van der Waals surface area (Å²) in [5, 5.41) is 7.07. The van der Waals surface area contributed by atoms with Gasteiger partial charge in [-0.1, -0.05) is 11.6 Å². The first-order valence-corrected chi connectivity index (χ1v) is 5.58. The van der Waals surface area contributed by atoms with Crippen LogP contribution < -0.4 is 5.32 Å². The first-order valence-electron chi connectivity index (χ1n) is 5.20. The quantitative estimate of drug-likeness (QED) is 0.767. The van der Waals surface area contributed by atoms with Crippen molar-refractivity contribution >= 4 is 17.5 Å². The first-order chi connectivity index (χ1) is 7.65. The number of rotatable bonds is 6. The van der Waals surface area contributed by atoms with E-state index in [0.29, 0.717) is 24.8 Å². The highest BCUT2D eigenvalue weighted by Crippen LogP contribution is 2.12. The van der Waals surface area contributed by atoms with E-state index in [2.05, 4.69) is 10.4 Å². The number of nitrogens with zero attached hydrogens (tertiary/aromatic N) is 2. The van der Waals surface area contributed by atoms with Crippen molar-refractivity contribution in [2.24, 2.45) is 7.05 Å². The smallest absolute Gasteiger partial charge is 0.273 e. The fraction of sp³-hybridized carbons (Fsp3) is 0.600. The molecule has 0 fully saturated rings. The van der Waals surface area contributed by atoms with E-state index in [1.165, 1.54) is 4.68 Å². The van der Waals surface area contributed by atoms with Gasteiger partial charge in [-0.3, -0.25) is 9.48 Å². The molecule has 0 radical (unpaired) electrons. The van der Waals surface area contributed by atoms with Crippen molar-refractivity contribution in [1.82, 2.24) is 15.1 Å². The molecule has 0 saturated heterocycles. The number of halogens is 1. The van der Waals surface area contributed by atoms with Crippen LogP contribution in [0.2, 0.25) is 5.02 Å². The molecule has 1 rings (SSSR count). The van der Waals surface area contributed by atoms with Gasteiger partial charge in [0.25, 0.3) is 5.91 Å². The predicted octanol–water partition coefficient (Wildman–Crippen LogP) is 1.23. The van der Waals surface area contributed by atoms with Crippen molar-refractivity contribution < 1.29 is 9.53 Å². The first kappa shape index (κ1) is 13.0. The zero-order chi connectivity index (χ0) is 12.0. The van der Waals surface area contributed by atoms with Crippen molar-refractivity contribution in [2.45, 2.75) is 13.3 Å². The van der Waals surface area contributed by atoms with Crippen LogP contribution in [0.4, 0.5) is 0 Å². The second-order valence-corrected chi connectivity index (χ2v) is 3.71. The second-order valence-electron chi connectivity index (χ2n) is 3.31. The molecule has 0 aliphatic rings. The predicted molar refractivity (Wildman–Crippen MR) is 61.7 cm³/mol. The van der Waals surface area contributed by atoms with Crippen molar-refractivity contribution in [1.29, 1.82) is 0 Å². The Kier molecular flexibility index (Phi) is 5.28. The highest BCUT2D eigenvalue weighted by Gasteiger charge is 2.13. The Bertz CT molecular complexity index is 352. The zero-order valence-electron chi connectivity index (χ0n) is 9.49. The van der Waals surface area contributed by atoms with E-state index in [0.717, 1.165) is 6.42 Å². The average molecular weight is 246 g/mol. The van der Waals surface area contributed by atoms with E-state index in [4.69, 9.17) is 16.3 Å². The van der Waals surface area contributed by atoms with Gasteiger partial charge in [0, 0.05) is 33.0 Å². The van der Waals surface area contributed by atoms with E-state index >= 15 is 0 Å². The number of carbonyl (C=O) groups is 1. The topological polar surface area (TPSA) is 56.1 Å². The fourth-order valence-electron chi connectivity index (χ4n) is 1.22. The van der Waals surface area contributed by atoms with Crippen LogP contribution >= 0.6 is 11.6 Å². The van der Waals surface area contributed by atoms with Crippen LogP contribution in [0.15, 0.2) is 6.20 Å². The summed E-state index contributed by atoms with van der Waals surface area (Å²) in [7, 11) is 1.72. The number of nitrogens with one attached hydrogen (secondary N) is 1. The van der Waals surface area contributed by atoms with Gasteiger partial charge < -0.3 is 10.1 Å². The van der Waals surface area contributed by atoms with Gasteiger partial charge in [-0.05, 0) is 13.3 Å². The van der Waals surface area contributed by atoms with Crippen LogP contribution in [0.25, 0.3) is 0 Å². The van der Waals surface area contributed by atoms with Crippen LogP contribution in [0, 0.1) is 0 Å². The summed E-state index contributed by atoms with van der Waals surface area (Å²) >= 11 is 5.83. The molecule has 90 valence electrons. The molecule has 5 nitrogen and oxygen atoms in total. The van der Waals surface area contributed by atoms with Gasteiger partial charge >= 0.3 is 0 Å². The molecule has 0 aliphatic heterocycles. The van der Waals surface area contributed by atoms with Crippen molar-refractivity contribution in [3.8, 4) is 0 Å². The van der Waals surface area contributed by atoms with Crippen molar-refractivity contribution in [3.63, 3.8) is 0 Å². The maximum atomic E-state index is 11.6. The molecular weight excluding hydrogens is 230 g/mol. The Morgan fingerprint density at radius 2 is 2.44 bits per heavy atom.